The Morgan fingerprint density at radius 2 is 2.15 bits per heavy atom. The third-order valence-electron chi connectivity index (χ3n) is 6.20. The molecule has 1 amide bonds. The van der Waals surface area contributed by atoms with Crippen molar-refractivity contribution in [2.24, 2.45) is 0 Å². The molecule has 0 spiro atoms. The summed E-state index contributed by atoms with van der Waals surface area (Å²) in [5.74, 6) is 2.00. The van der Waals surface area contributed by atoms with E-state index >= 15 is 0 Å². The normalized spacial score (nSPS) is 16.7. The minimum Gasteiger partial charge on any atom is -0.496 e. The standard InChI is InChI=1S/C25H28ClN3O5/c1-4-29(16-5-8-33-9-6-16)20-12-22-17(7-10-34-22)23(24(20)26)25(31)27-13-18-19(14-30)28-15(2)11-21(18)32-3/h7,10-12,16,28H,4-6,8-9,13H2,1-3H3,(H,27,31). The molecule has 2 aliphatic heterocycles. The first-order chi connectivity index (χ1) is 16.5. The molecule has 3 heterocycles. The lowest BCUT2D eigenvalue weighted by atomic mass is 10.0. The highest BCUT2D eigenvalue weighted by Gasteiger charge is 2.28. The Bertz CT molecular complexity index is 1200. The lowest BCUT2D eigenvalue weighted by Gasteiger charge is -2.36. The molecule has 0 saturated carbocycles. The second-order valence-electron chi connectivity index (χ2n) is 8.21. The molecule has 0 radical (unpaired) electrons. The zero-order valence-electron chi connectivity index (χ0n) is 19.5. The van der Waals surface area contributed by atoms with Gasteiger partial charge in [0.15, 0.2) is 5.94 Å². The van der Waals surface area contributed by atoms with Gasteiger partial charge in [0.2, 0.25) is 0 Å². The van der Waals surface area contributed by atoms with E-state index in [0.29, 0.717) is 46.1 Å². The number of hydrogen-bond acceptors (Lipinski definition) is 7. The Morgan fingerprint density at radius 3 is 2.82 bits per heavy atom. The molecule has 1 fully saturated rings. The molecule has 2 aliphatic rings. The number of dihydropyridines is 1. The number of furan rings is 1. The van der Waals surface area contributed by atoms with Crippen LogP contribution in [0.3, 0.4) is 0 Å². The minimum atomic E-state index is -0.374. The van der Waals surface area contributed by atoms with Gasteiger partial charge in [-0.2, -0.15) is 0 Å². The molecule has 2 N–H and O–H groups in total. The predicted molar refractivity (Wildman–Crippen MR) is 131 cm³/mol. The fourth-order valence-electron chi connectivity index (χ4n) is 4.54. The van der Waals surface area contributed by atoms with E-state index in [1.54, 1.807) is 18.4 Å². The molecular formula is C25H28ClN3O5. The Morgan fingerprint density at radius 1 is 1.38 bits per heavy atom. The van der Waals surface area contributed by atoms with Crippen molar-refractivity contribution in [2.75, 3.05) is 38.3 Å². The summed E-state index contributed by atoms with van der Waals surface area (Å²) in [4.78, 5) is 27.1. The number of amides is 1. The Labute approximate surface area is 203 Å². The van der Waals surface area contributed by atoms with Crippen LogP contribution in [0.5, 0.6) is 0 Å². The van der Waals surface area contributed by atoms with Gasteiger partial charge in [0.25, 0.3) is 5.91 Å². The third-order valence-corrected chi connectivity index (χ3v) is 6.58. The van der Waals surface area contributed by atoms with Crippen LogP contribution in [-0.4, -0.2) is 51.3 Å². The van der Waals surface area contributed by atoms with Crippen molar-refractivity contribution in [3.05, 3.63) is 57.8 Å². The minimum absolute atomic E-state index is 0.0563. The largest absolute Gasteiger partial charge is 0.496 e. The van der Waals surface area contributed by atoms with Crippen LogP contribution in [0.4, 0.5) is 5.69 Å². The van der Waals surface area contributed by atoms with Crippen LogP contribution in [0.2, 0.25) is 5.02 Å². The van der Waals surface area contributed by atoms with E-state index in [1.807, 2.05) is 18.9 Å². The van der Waals surface area contributed by atoms with Gasteiger partial charge >= 0.3 is 0 Å². The Hall–Kier alpha value is -3.19. The third kappa shape index (κ3) is 4.57. The van der Waals surface area contributed by atoms with Gasteiger partial charge in [-0.05, 0) is 38.8 Å². The second kappa shape index (κ2) is 10.4. The van der Waals surface area contributed by atoms with E-state index in [-0.39, 0.29) is 24.2 Å². The van der Waals surface area contributed by atoms with E-state index in [2.05, 4.69) is 22.5 Å². The molecule has 0 aliphatic carbocycles. The van der Waals surface area contributed by atoms with Gasteiger partial charge in [0, 0.05) is 55.1 Å². The van der Waals surface area contributed by atoms with Crippen LogP contribution in [-0.2, 0) is 14.3 Å². The van der Waals surface area contributed by atoms with Gasteiger partial charge in [0.1, 0.15) is 17.0 Å². The SMILES string of the molecule is CCN(c1cc2occc2c(C(=O)NCC2=C(OC)C=C(C)NC2=C=O)c1Cl)C1CCOCC1. The van der Waals surface area contributed by atoms with Gasteiger partial charge in [-0.3, -0.25) is 4.79 Å². The van der Waals surface area contributed by atoms with Crippen LogP contribution in [0.1, 0.15) is 37.0 Å². The first-order valence-electron chi connectivity index (χ1n) is 11.3. The van der Waals surface area contributed by atoms with Gasteiger partial charge in [-0.25, -0.2) is 4.79 Å². The van der Waals surface area contributed by atoms with Crippen molar-refractivity contribution in [3.63, 3.8) is 0 Å². The molecule has 8 nitrogen and oxygen atoms in total. The first-order valence-corrected chi connectivity index (χ1v) is 11.7. The maximum Gasteiger partial charge on any atom is 0.253 e. The second-order valence-corrected chi connectivity index (χ2v) is 8.58. The molecule has 9 heteroatoms. The van der Waals surface area contributed by atoms with Crippen LogP contribution >= 0.6 is 11.6 Å². The zero-order chi connectivity index (χ0) is 24.2. The number of methoxy groups -OCH3 is 1. The van der Waals surface area contributed by atoms with Crippen molar-refractivity contribution < 1.29 is 23.5 Å². The highest BCUT2D eigenvalue weighted by molar-refractivity contribution is 6.38. The van der Waals surface area contributed by atoms with Crippen molar-refractivity contribution in [1.29, 1.82) is 0 Å². The van der Waals surface area contributed by atoms with Crippen LogP contribution < -0.4 is 15.5 Å². The van der Waals surface area contributed by atoms with Gasteiger partial charge < -0.3 is 29.4 Å². The van der Waals surface area contributed by atoms with E-state index in [1.165, 1.54) is 7.11 Å². The number of benzene rings is 1. The highest BCUT2D eigenvalue weighted by atomic mass is 35.5. The van der Waals surface area contributed by atoms with Gasteiger partial charge in [-0.1, -0.05) is 11.6 Å². The van der Waals surface area contributed by atoms with Crippen LogP contribution in [0, 0.1) is 0 Å². The number of carbonyl (C=O) groups excluding carboxylic acids is 2. The average Bonchev–Trinajstić information content (AvgIpc) is 3.31. The number of halogens is 1. The summed E-state index contributed by atoms with van der Waals surface area (Å²) in [7, 11) is 1.51. The number of rotatable bonds is 7. The number of hydrogen-bond donors (Lipinski definition) is 2. The summed E-state index contributed by atoms with van der Waals surface area (Å²) in [6, 6.07) is 3.89. The summed E-state index contributed by atoms with van der Waals surface area (Å²) >= 11 is 6.88. The van der Waals surface area contributed by atoms with Crippen LogP contribution in [0.25, 0.3) is 11.0 Å². The summed E-state index contributed by atoms with van der Waals surface area (Å²) < 4.78 is 16.6. The number of fused-ring (bicyclic) bond motifs is 1. The average molecular weight is 486 g/mol. The number of anilines is 1. The first kappa shape index (κ1) is 24.0. The number of nitrogens with one attached hydrogen (secondary N) is 2. The Kier molecular flexibility index (Phi) is 7.32. The number of allylic oxidation sites excluding steroid dienone is 2. The molecular weight excluding hydrogens is 458 g/mol. The van der Waals surface area contributed by atoms with Crippen LogP contribution in [0.15, 0.2) is 51.6 Å². The smallest absolute Gasteiger partial charge is 0.253 e. The number of ether oxygens (including phenoxy) is 2. The summed E-state index contributed by atoms with van der Waals surface area (Å²) in [5, 5.41) is 6.83. The van der Waals surface area contributed by atoms with Crippen molar-refractivity contribution >= 4 is 40.1 Å². The summed E-state index contributed by atoms with van der Waals surface area (Å²) in [6.45, 7) is 6.05. The molecule has 0 atom stereocenters. The zero-order valence-corrected chi connectivity index (χ0v) is 20.3. The number of carbonyl (C=O) groups is 1. The van der Waals surface area contributed by atoms with Gasteiger partial charge in [-0.15, -0.1) is 0 Å². The summed E-state index contributed by atoms with van der Waals surface area (Å²) in [6.07, 6.45) is 5.08. The maximum absolute atomic E-state index is 13.4. The maximum atomic E-state index is 13.4. The van der Waals surface area contributed by atoms with Crippen molar-refractivity contribution in [2.45, 2.75) is 32.7 Å². The van der Waals surface area contributed by atoms with Crippen molar-refractivity contribution in [1.82, 2.24) is 10.6 Å². The molecule has 180 valence electrons. The quantitative estimate of drug-likeness (QED) is 0.573. The van der Waals surface area contributed by atoms with E-state index in [0.717, 1.165) is 30.8 Å². The van der Waals surface area contributed by atoms with Crippen molar-refractivity contribution in [3.8, 4) is 0 Å². The Balaban J connectivity index is 1.68. The predicted octanol–water partition coefficient (Wildman–Crippen LogP) is 3.94. The monoisotopic (exact) mass is 485 g/mol. The highest BCUT2D eigenvalue weighted by Crippen LogP contribution is 2.38. The molecule has 1 aromatic carbocycles. The molecule has 2 aromatic rings. The molecule has 1 aromatic heterocycles. The van der Waals surface area contributed by atoms with Gasteiger partial charge in [0.05, 0.1) is 29.6 Å². The molecule has 0 bridgehead atoms. The molecule has 4 rings (SSSR count). The molecule has 1 saturated heterocycles. The summed E-state index contributed by atoms with van der Waals surface area (Å²) in [5.41, 5.74) is 3.14. The fourth-order valence-corrected chi connectivity index (χ4v) is 4.89. The molecule has 34 heavy (non-hydrogen) atoms. The lowest BCUT2D eigenvalue weighted by molar-refractivity contribution is 0.0846. The molecule has 0 unspecified atom stereocenters. The van der Waals surface area contributed by atoms with E-state index in [4.69, 9.17) is 25.5 Å². The fraction of sp³-hybridized carbons (Fsp3) is 0.400. The lowest BCUT2D eigenvalue weighted by Crippen LogP contribution is -2.40. The topological polar surface area (TPSA) is 93.0 Å². The number of nitrogens with zero attached hydrogens (tertiary/aromatic N) is 1. The van der Waals surface area contributed by atoms with E-state index < -0.39 is 0 Å². The van der Waals surface area contributed by atoms with E-state index in [9.17, 15) is 9.59 Å².